The Labute approximate surface area is 101 Å². The molecule has 1 rings (SSSR count). The lowest BCUT2D eigenvalue weighted by Gasteiger charge is -2.25. The summed E-state index contributed by atoms with van der Waals surface area (Å²) in [6.45, 7) is 15.0. The molecule has 0 aliphatic carbocycles. The molecule has 1 aliphatic heterocycles. The van der Waals surface area contributed by atoms with Gasteiger partial charge in [-0.05, 0) is 37.9 Å². The summed E-state index contributed by atoms with van der Waals surface area (Å²) >= 11 is 0. The molecule has 0 aromatic carbocycles. The van der Waals surface area contributed by atoms with Crippen LogP contribution in [-0.4, -0.2) is 55.6 Å². The molecule has 0 bridgehead atoms. The molecular formula is C13H29N3. The monoisotopic (exact) mass is 227 g/mol. The first-order valence-electron chi connectivity index (χ1n) is 6.66. The molecule has 0 saturated carbocycles. The number of rotatable bonds is 4. The highest BCUT2D eigenvalue weighted by molar-refractivity contribution is 4.72. The third-order valence-corrected chi connectivity index (χ3v) is 3.30. The Bertz CT molecular complexity index is 186. The summed E-state index contributed by atoms with van der Waals surface area (Å²) in [5.41, 5.74) is 6.07. The van der Waals surface area contributed by atoms with Crippen molar-refractivity contribution in [2.24, 2.45) is 11.1 Å². The number of hydrogen-bond donors (Lipinski definition) is 1. The van der Waals surface area contributed by atoms with E-state index >= 15 is 0 Å². The third kappa shape index (κ3) is 5.83. The topological polar surface area (TPSA) is 32.5 Å². The van der Waals surface area contributed by atoms with Crippen LogP contribution in [0.3, 0.4) is 0 Å². The van der Waals surface area contributed by atoms with Crippen molar-refractivity contribution in [3.63, 3.8) is 0 Å². The standard InChI is InChI=1S/C13H29N3/c1-13(2,3)5-9-15-7-4-8-16(10-6-14)12-11-15/h4-12,14H2,1-3H3. The molecule has 0 atom stereocenters. The molecule has 0 spiro atoms. The van der Waals surface area contributed by atoms with Crippen LogP contribution in [0.5, 0.6) is 0 Å². The minimum atomic E-state index is 0.462. The molecule has 0 aromatic rings. The van der Waals surface area contributed by atoms with Gasteiger partial charge in [0.1, 0.15) is 0 Å². The number of nitrogens with zero attached hydrogens (tertiary/aromatic N) is 2. The van der Waals surface area contributed by atoms with Crippen LogP contribution in [0.2, 0.25) is 0 Å². The fourth-order valence-corrected chi connectivity index (χ4v) is 2.15. The van der Waals surface area contributed by atoms with Gasteiger partial charge in [0.15, 0.2) is 0 Å². The Morgan fingerprint density at radius 2 is 1.50 bits per heavy atom. The Morgan fingerprint density at radius 1 is 0.938 bits per heavy atom. The van der Waals surface area contributed by atoms with Gasteiger partial charge in [0, 0.05) is 26.2 Å². The van der Waals surface area contributed by atoms with E-state index in [1.807, 2.05) is 0 Å². The minimum absolute atomic E-state index is 0.462. The van der Waals surface area contributed by atoms with Crippen LogP contribution in [0.15, 0.2) is 0 Å². The van der Waals surface area contributed by atoms with E-state index in [2.05, 4.69) is 30.6 Å². The maximum Gasteiger partial charge on any atom is 0.0110 e. The van der Waals surface area contributed by atoms with Gasteiger partial charge >= 0.3 is 0 Å². The highest BCUT2D eigenvalue weighted by Crippen LogP contribution is 2.19. The lowest BCUT2D eigenvalue weighted by Crippen LogP contribution is -2.34. The van der Waals surface area contributed by atoms with Crippen molar-refractivity contribution in [3.8, 4) is 0 Å². The normalized spacial score (nSPS) is 21.0. The maximum absolute atomic E-state index is 5.61. The van der Waals surface area contributed by atoms with E-state index in [0.29, 0.717) is 5.41 Å². The summed E-state index contributed by atoms with van der Waals surface area (Å²) < 4.78 is 0. The fourth-order valence-electron chi connectivity index (χ4n) is 2.15. The van der Waals surface area contributed by atoms with Gasteiger partial charge in [-0.3, -0.25) is 0 Å². The Morgan fingerprint density at radius 3 is 2.00 bits per heavy atom. The van der Waals surface area contributed by atoms with Gasteiger partial charge in [0.2, 0.25) is 0 Å². The van der Waals surface area contributed by atoms with Crippen molar-refractivity contribution in [2.75, 3.05) is 45.8 Å². The average Bonchev–Trinajstić information content (AvgIpc) is 2.40. The Kier molecular flexibility index (Phi) is 5.73. The highest BCUT2D eigenvalue weighted by atomic mass is 15.2. The first-order valence-corrected chi connectivity index (χ1v) is 6.66. The van der Waals surface area contributed by atoms with E-state index in [1.54, 1.807) is 0 Å². The number of nitrogens with two attached hydrogens (primary N) is 1. The zero-order valence-corrected chi connectivity index (χ0v) is 11.3. The van der Waals surface area contributed by atoms with Gasteiger partial charge in [-0.1, -0.05) is 20.8 Å². The van der Waals surface area contributed by atoms with Crippen LogP contribution >= 0.6 is 0 Å². The SMILES string of the molecule is CC(C)(C)CCN1CCCN(CCN)CC1. The minimum Gasteiger partial charge on any atom is -0.329 e. The Hall–Kier alpha value is -0.120. The fraction of sp³-hybridized carbons (Fsp3) is 1.00. The first kappa shape index (κ1) is 13.9. The molecule has 96 valence electrons. The molecule has 0 unspecified atom stereocenters. The van der Waals surface area contributed by atoms with Crippen LogP contribution in [0.4, 0.5) is 0 Å². The van der Waals surface area contributed by atoms with Crippen LogP contribution in [-0.2, 0) is 0 Å². The van der Waals surface area contributed by atoms with Crippen molar-refractivity contribution < 1.29 is 0 Å². The van der Waals surface area contributed by atoms with Gasteiger partial charge in [-0.25, -0.2) is 0 Å². The molecule has 0 amide bonds. The highest BCUT2D eigenvalue weighted by Gasteiger charge is 2.16. The van der Waals surface area contributed by atoms with E-state index < -0.39 is 0 Å². The van der Waals surface area contributed by atoms with Gasteiger partial charge < -0.3 is 15.5 Å². The zero-order valence-electron chi connectivity index (χ0n) is 11.3. The molecule has 3 heteroatoms. The quantitative estimate of drug-likeness (QED) is 0.788. The van der Waals surface area contributed by atoms with Crippen molar-refractivity contribution in [1.29, 1.82) is 0 Å². The third-order valence-electron chi connectivity index (χ3n) is 3.30. The summed E-state index contributed by atoms with van der Waals surface area (Å²) in [7, 11) is 0. The molecule has 1 aliphatic rings. The van der Waals surface area contributed by atoms with Gasteiger partial charge in [-0.2, -0.15) is 0 Å². The van der Waals surface area contributed by atoms with Gasteiger partial charge in [-0.15, -0.1) is 0 Å². The Balaban J connectivity index is 2.25. The summed E-state index contributed by atoms with van der Waals surface area (Å²) in [6.07, 6.45) is 2.59. The molecule has 16 heavy (non-hydrogen) atoms. The average molecular weight is 227 g/mol. The molecular weight excluding hydrogens is 198 g/mol. The van der Waals surface area contributed by atoms with Crippen molar-refractivity contribution >= 4 is 0 Å². The van der Waals surface area contributed by atoms with Gasteiger partial charge in [0.25, 0.3) is 0 Å². The molecule has 3 nitrogen and oxygen atoms in total. The largest absolute Gasteiger partial charge is 0.329 e. The molecule has 1 heterocycles. The van der Waals surface area contributed by atoms with Crippen molar-refractivity contribution in [2.45, 2.75) is 33.6 Å². The summed E-state index contributed by atoms with van der Waals surface area (Å²) in [5.74, 6) is 0. The predicted molar refractivity (Wildman–Crippen MR) is 70.6 cm³/mol. The maximum atomic E-state index is 5.61. The molecule has 1 saturated heterocycles. The summed E-state index contributed by atoms with van der Waals surface area (Å²) in [5, 5.41) is 0. The van der Waals surface area contributed by atoms with E-state index in [1.165, 1.54) is 45.6 Å². The number of hydrogen-bond acceptors (Lipinski definition) is 3. The van der Waals surface area contributed by atoms with Crippen LogP contribution < -0.4 is 5.73 Å². The summed E-state index contributed by atoms with van der Waals surface area (Å²) in [4.78, 5) is 5.11. The molecule has 2 N–H and O–H groups in total. The second-order valence-corrected chi connectivity index (χ2v) is 6.14. The van der Waals surface area contributed by atoms with E-state index in [4.69, 9.17) is 5.73 Å². The van der Waals surface area contributed by atoms with E-state index in [9.17, 15) is 0 Å². The summed E-state index contributed by atoms with van der Waals surface area (Å²) in [6, 6.07) is 0. The first-order chi connectivity index (χ1) is 7.51. The van der Waals surface area contributed by atoms with E-state index in [-0.39, 0.29) is 0 Å². The van der Waals surface area contributed by atoms with Gasteiger partial charge in [0.05, 0.1) is 0 Å². The molecule has 0 aromatic heterocycles. The smallest absolute Gasteiger partial charge is 0.0110 e. The van der Waals surface area contributed by atoms with Crippen LogP contribution in [0.1, 0.15) is 33.6 Å². The zero-order chi connectivity index (χ0) is 12.0. The van der Waals surface area contributed by atoms with Crippen molar-refractivity contribution in [3.05, 3.63) is 0 Å². The molecule has 1 fully saturated rings. The van der Waals surface area contributed by atoms with Crippen LogP contribution in [0, 0.1) is 5.41 Å². The lowest BCUT2D eigenvalue weighted by atomic mass is 9.92. The predicted octanol–water partition coefficient (Wildman–Crippen LogP) is 1.39. The van der Waals surface area contributed by atoms with Crippen molar-refractivity contribution in [1.82, 2.24) is 9.80 Å². The van der Waals surface area contributed by atoms with Crippen LogP contribution in [0.25, 0.3) is 0 Å². The second-order valence-electron chi connectivity index (χ2n) is 6.14. The lowest BCUT2D eigenvalue weighted by molar-refractivity contribution is 0.226. The van der Waals surface area contributed by atoms with E-state index in [0.717, 1.165) is 13.1 Å². The second kappa shape index (κ2) is 6.58. The molecule has 0 radical (unpaired) electrons.